The molecule has 0 amide bonds. The van der Waals surface area contributed by atoms with Gasteiger partial charge in [-0.2, -0.15) is 5.10 Å². The third-order valence-corrected chi connectivity index (χ3v) is 3.68. The highest BCUT2D eigenvalue weighted by atomic mass is 15.3. The summed E-state index contributed by atoms with van der Waals surface area (Å²) in [6, 6.07) is 9.92. The van der Waals surface area contributed by atoms with Crippen molar-refractivity contribution >= 4 is 5.84 Å². The largest absolute Gasteiger partial charge is 0.387 e. The van der Waals surface area contributed by atoms with E-state index in [1.54, 1.807) is 0 Å². The molecule has 2 aromatic rings. The van der Waals surface area contributed by atoms with E-state index in [4.69, 9.17) is 11.1 Å². The molecule has 100 valence electrons. The van der Waals surface area contributed by atoms with Crippen LogP contribution in [0, 0.1) is 26.2 Å². The lowest BCUT2D eigenvalue weighted by Crippen LogP contribution is -2.25. The van der Waals surface area contributed by atoms with Crippen LogP contribution in [0.5, 0.6) is 0 Å². The van der Waals surface area contributed by atoms with E-state index in [1.165, 1.54) is 5.56 Å². The maximum Gasteiger partial charge on any atom is 0.100 e. The highest BCUT2D eigenvalue weighted by Crippen LogP contribution is 2.20. The topological polar surface area (TPSA) is 67.7 Å². The van der Waals surface area contributed by atoms with Gasteiger partial charge < -0.3 is 5.73 Å². The Balaban J connectivity index is 2.32. The molecule has 0 fully saturated rings. The van der Waals surface area contributed by atoms with Crippen LogP contribution in [0.3, 0.4) is 0 Å². The van der Waals surface area contributed by atoms with Gasteiger partial charge in [0.25, 0.3) is 0 Å². The highest BCUT2D eigenvalue weighted by Gasteiger charge is 2.18. The standard InChI is InChI=1S/C15H20N4/c1-10-11(2)18-19(12(10)3)9-14(15(16)17)13-7-5-4-6-8-13/h4-8,14H,9H2,1-3H3,(H3,16,17). The van der Waals surface area contributed by atoms with Crippen LogP contribution in [-0.2, 0) is 6.54 Å². The summed E-state index contributed by atoms with van der Waals surface area (Å²) < 4.78 is 1.95. The Labute approximate surface area is 113 Å². The van der Waals surface area contributed by atoms with E-state index in [9.17, 15) is 0 Å². The predicted octanol–water partition coefficient (Wildman–Crippen LogP) is 2.53. The van der Waals surface area contributed by atoms with Crippen LogP contribution in [0.4, 0.5) is 0 Å². The molecular weight excluding hydrogens is 236 g/mol. The fraction of sp³-hybridized carbons (Fsp3) is 0.333. The van der Waals surface area contributed by atoms with Crippen molar-refractivity contribution in [3.05, 3.63) is 52.8 Å². The minimum absolute atomic E-state index is 0.126. The Bertz CT molecular complexity index is 584. The van der Waals surface area contributed by atoms with Gasteiger partial charge in [0.15, 0.2) is 0 Å². The van der Waals surface area contributed by atoms with Crippen molar-refractivity contribution in [1.29, 1.82) is 5.41 Å². The molecule has 1 aromatic heterocycles. The summed E-state index contributed by atoms with van der Waals surface area (Å²) in [7, 11) is 0. The molecule has 0 aliphatic heterocycles. The van der Waals surface area contributed by atoms with Gasteiger partial charge in [-0.1, -0.05) is 30.3 Å². The smallest absolute Gasteiger partial charge is 0.100 e. The number of nitrogens with zero attached hydrogens (tertiary/aromatic N) is 2. The van der Waals surface area contributed by atoms with Gasteiger partial charge >= 0.3 is 0 Å². The summed E-state index contributed by atoms with van der Waals surface area (Å²) in [5.41, 5.74) is 10.2. The van der Waals surface area contributed by atoms with Gasteiger partial charge in [0.05, 0.1) is 18.2 Å². The van der Waals surface area contributed by atoms with E-state index in [2.05, 4.69) is 18.9 Å². The van der Waals surface area contributed by atoms with E-state index >= 15 is 0 Å². The molecule has 0 aliphatic carbocycles. The second-order valence-corrected chi connectivity index (χ2v) is 4.90. The van der Waals surface area contributed by atoms with Gasteiger partial charge in [0.1, 0.15) is 5.84 Å². The van der Waals surface area contributed by atoms with E-state index in [0.29, 0.717) is 6.54 Å². The summed E-state index contributed by atoms with van der Waals surface area (Å²) in [6.45, 7) is 6.74. The normalized spacial score (nSPS) is 12.4. The Kier molecular flexibility index (Phi) is 3.69. The van der Waals surface area contributed by atoms with Crippen LogP contribution in [0.2, 0.25) is 0 Å². The first-order valence-corrected chi connectivity index (χ1v) is 6.40. The first-order chi connectivity index (χ1) is 9.00. The average Bonchev–Trinajstić information content (AvgIpc) is 2.64. The second kappa shape index (κ2) is 5.26. The van der Waals surface area contributed by atoms with Crippen molar-refractivity contribution in [2.45, 2.75) is 33.2 Å². The summed E-state index contributed by atoms with van der Waals surface area (Å²) >= 11 is 0. The fourth-order valence-corrected chi connectivity index (χ4v) is 2.21. The lowest BCUT2D eigenvalue weighted by Gasteiger charge is -2.17. The van der Waals surface area contributed by atoms with Gasteiger partial charge in [-0.05, 0) is 31.9 Å². The quantitative estimate of drug-likeness (QED) is 0.652. The number of hydrogen-bond acceptors (Lipinski definition) is 2. The van der Waals surface area contributed by atoms with Crippen LogP contribution in [0.15, 0.2) is 30.3 Å². The first kappa shape index (κ1) is 13.3. The summed E-state index contributed by atoms with van der Waals surface area (Å²) in [4.78, 5) is 0. The third-order valence-electron chi connectivity index (χ3n) is 3.68. The molecule has 1 atom stereocenters. The molecule has 1 heterocycles. The Morgan fingerprint density at radius 3 is 2.37 bits per heavy atom. The minimum atomic E-state index is -0.126. The summed E-state index contributed by atoms with van der Waals surface area (Å²) in [5.74, 6) is 0.0509. The monoisotopic (exact) mass is 256 g/mol. The molecule has 2 rings (SSSR count). The number of nitrogens with two attached hydrogens (primary N) is 1. The number of aryl methyl sites for hydroxylation is 1. The second-order valence-electron chi connectivity index (χ2n) is 4.90. The molecule has 0 aliphatic rings. The fourth-order valence-electron chi connectivity index (χ4n) is 2.21. The zero-order valence-electron chi connectivity index (χ0n) is 11.6. The third kappa shape index (κ3) is 2.67. The molecule has 1 unspecified atom stereocenters. The first-order valence-electron chi connectivity index (χ1n) is 6.40. The number of aromatic nitrogens is 2. The zero-order valence-corrected chi connectivity index (χ0v) is 11.6. The van der Waals surface area contributed by atoms with Gasteiger partial charge in [-0.15, -0.1) is 0 Å². The van der Waals surface area contributed by atoms with Gasteiger partial charge in [0, 0.05) is 5.69 Å². The molecular formula is C15H20N4. The molecule has 19 heavy (non-hydrogen) atoms. The molecule has 0 radical (unpaired) electrons. The Morgan fingerprint density at radius 2 is 1.89 bits per heavy atom. The van der Waals surface area contributed by atoms with Crippen LogP contribution < -0.4 is 5.73 Å². The molecule has 1 aromatic carbocycles. The van der Waals surface area contributed by atoms with Gasteiger partial charge in [-0.3, -0.25) is 10.1 Å². The van der Waals surface area contributed by atoms with E-state index < -0.39 is 0 Å². The molecule has 3 N–H and O–H groups in total. The van der Waals surface area contributed by atoms with E-state index in [1.807, 2.05) is 41.9 Å². The Hall–Kier alpha value is -2.10. The number of amidine groups is 1. The van der Waals surface area contributed by atoms with Crippen LogP contribution >= 0.6 is 0 Å². The molecule has 0 saturated heterocycles. The number of benzene rings is 1. The zero-order chi connectivity index (χ0) is 14.0. The molecule has 0 bridgehead atoms. The SMILES string of the molecule is Cc1nn(CC(C(=N)N)c2ccccc2)c(C)c1C. The molecule has 0 spiro atoms. The van der Waals surface area contributed by atoms with E-state index in [-0.39, 0.29) is 11.8 Å². The van der Waals surface area contributed by atoms with Crippen molar-refractivity contribution in [1.82, 2.24) is 9.78 Å². The van der Waals surface area contributed by atoms with E-state index in [0.717, 1.165) is 17.0 Å². The van der Waals surface area contributed by atoms with Crippen LogP contribution in [-0.4, -0.2) is 15.6 Å². The minimum Gasteiger partial charge on any atom is -0.387 e. The number of rotatable bonds is 4. The lowest BCUT2D eigenvalue weighted by molar-refractivity contribution is 0.567. The molecule has 0 saturated carbocycles. The van der Waals surface area contributed by atoms with Crippen molar-refractivity contribution in [3.63, 3.8) is 0 Å². The maximum atomic E-state index is 7.81. The van der Waals surface area contributed by atoms with Gasteiger partial charge in [-0.25, -0.2) is 0 Å². The van der Waals surface area contributed by atoms with Crippen molar-refractivity contribution in [2.75, 3.05) is 0 Å². The van der Waals surface area contributed by atoms with Gasteiger partial charge in [0.2, 0.25) is 0 Å². The van der Waals surface area contributed by atoms with Crippen LogP contribution in [0.25, 0.3) is 0 Å². The maximum absolute atomic E-state index is 7.81. The number of nitrogens with one attached hydrogen (secondary N) is 1. The predicted molar refractivity (Wildman–Crippen MR) is 77.5 cm³/mol. The lowest BCUT2D eigenvalue weighted by atomic mass is 9.98. The summed E-state index contributed by atoms with van der Waals surface area (Å²) in [6.07, 6.45) is 0. The summed E-state index contributed by atoms with van der Waals surface area (Å²) in [5, 5.41) is 12.3. The van der Waals surface area contributed by atoms with Crippen molar-refractivity contribution < 1.29 is 0 Å². The molecule has 4 heteroatoms. The molecule has 4 nitrogen and oxygen atoms in total. The Morgan fingerprint density at radius 1 is 1.26 bits per heavy atom. The van der Waals surface area contributed by atoms with Crippen molar-refractivity contribution in [3.8, 4) is 0 Å². The number of hydrogen-bond donors (Lipinski definition) is 2. The highest BCUT2D eigenvalue weighted by molar-refractivity contribution is 5.84. The average molecular weight is 256 g/mol. The van der Waals surface area contributed by atoms with Crippen molar-refractivity contribution in [2.24, 2.45) is 5.73 Å². The van der Waals surface area contributed by atoms with Crippen LogP contribution in [0.1, 0.15) is 28.4 Å².